The number of anilines is 1. The molecule has 2 aromatic carbocycles. The Morgan fingerprint density at radius 3 is 2.30 bits per heavy atom. The van der Waals surface area contributed by atoms with E-state index in [1.165, 1.54) is 0 Å². The number of nitriles is 1. The fourth-order valence-corrected chi connectivity index (χ4v) is 2.63. The van der Waals surface area contributed by atoms with E-state index in [-0.39, 0.29) is 5.82 Å². The smallest absolute Gasteiger partial charge is 0.142 e. The number of benzene rings is 2. The molecule has 0 aliphatic carbocycles. The molecule has 0 bridgehead atoms. The first-order valence-corrected chi connectivity index (χ1v) is 7.57. The first kappa shape index (κ1) is 15.4. The van der Waals surface area contributed by atoms with E-state index in [2.05, 4.69) is 11.1 Å². The highest BCUT2D eigenvalue weighted by molar-refractivity contribution is 6.42. The predicted octanol–water partition coefficient (Wildman–Crippen LogP) is 5.18. The van der Waals surface area contributed by atoms with Crippen LogP contribution in [0, 0.1) is 11.3 Å². The highest BCUT2D eigenvalue weighted by atomic mass is 35.5. The monoisotopic (exact) mass is 339 g/mol. The van der Waals surface area contributed by atoms with Gasteiger partial charge < -0.3 is 5.73 Å². The van der Waals surface area contributed by atoms with Gasteiger partial charge in [0.1, 0.15) is 17.5 Å². The van der Waals surface area contributed by atoms with Crippen LogP contribution in [-0.4, -0.2) is 4.98 Å². The van der Waals surface area contributed by atoms with E-state index in [0.29, 0.717) is 21.3 Å². The minimum absolute atomic E-state index is 0.190. The largest absolute Gasteiger partial charge is 0.383 e. The van der Waals surface area contributed by atoms with Crippen LogP contribution in [-0.2, 0) is 0 Å². The molecular weight excluding hydrogens is 329 g/mol. The molecule has 112 valence electrons. The summed E-state index contributed by atoms with van der Waals surface area (Å²) in [6.07, 6.45) is 0. The molecule has 3 rings (SSSR count). The molecule has 1 heterocycles. The van der Waals surface area contributed by atoms with Crippen molar-refractivity contribution in [1.29, 1.82) is 5.26 Å². The summed E-state index contributed by atoms with van der Waals surface area (Å²) in [5, 5.41) is 10.3. The molecule has 1 aromatic heterocycles. The van der Waals surface area contributed by atoms with Crippen molar-refractivity contribution in [2.24, 2.45) is 0 Å². The summed E-state index contributed by atoms with van der Waals surface area (Å²) in [5.74, 6) is 0.190. The Morgan fingerprint density at radius 1 is 0.913 bits per heavy atom. The van der Waals surface area contributed by atoms with Crippen molar-refractivity contribution in [3.8, 4) is 28.5 Å². The summed E-state index contributed by atoms with van der Waals surface area (Å²) in [6, 6.07) is 18.8. The van der Waals surface area contributed by atoms with Crippen molar-refractivity contribution >= 4 is 29.0 Å². The number of aromatic nitrogens is 1. The van der Waals surface area contributed by atoms with Gasteiger partial charge in [-0.2, -0.15) is 5.26 Å². The molecule has 0 atom stereocenters. The van der Waals surface area contributed by atoms with Crippen molar-refractivity contribution < 1.29 is 0 Å². The maximum atomic E-state index is 9.39. The van der Waals surface area contributed by atoms with Gasteiger partial charge >= 0.3 is 0 Å². The van der Waals surface area contributed by atoms with Crippen LogP contribution in [0.3, 0.4) is 0 Å². The fraction of sp³-hybridized carbons (Fsp3) is 0. The molecule has 0 unspecified atom stereocenters. The summed E-state index contributed by atoms with van der Waals surface area (Å²) in [7, 11) is 0. The lowest BCUT2D eigenvalue weighted by molar-refractivity contribution is 1.31. The van der Waals surface area contributed by atoms with Crippen LogP contribution in [0.2, 0.25) is 10.0 Å². The molecule has 3 nitrogen and oxygen atoms in total. The lowest BCUT2D eigenvalue weighted by Crippen LogP contribution is -1.99. The molecule has 2 N–H and O–H groups in total. The zero-order valence-electron chi connectivity index (χ0n) is 11.9. The maximum absolute atomic E-state index is 9.39. The lowest BCUT2D eigenvalue weighted by atomic mass is 9.98. The lowest BCUT2D eigenvalue weighted by Gasteiger charge is -2.10. The molecule has 0 saturated carbocycles. The second-order valence-corrected chi connectivity index (χ2v) is 5.74. The highest BCUT2D eigenvalue weighted by Gasteiger charge is 2.13. The Morgan fingerprint density at radius 2 is 1.65 bits per heavy atom. The second kappa shape index (κ2) is 6.29. The zero-order valence-corrected chi connectivity index (χ0v) is 13.4. The predicted molar refractivity (Wildman–Crippen MR) is 94.3 cm³/mol. The first-order valence-electron chi connectivity index (χ1n) is 6.81. The number of nitrogens with zero attached hydrogens (tertiary/aromatic N) is 2. The molecule has 3 aromatic rings. The Kier molecular flexibility index (Phi) is 4.20. The number of hydrogen-bond donors (Lipinski definition) is 1. The van der Waals surface area contributed by atoms with Crippen molar-refractivity contribution in [2.45, 2.75) is 0 Å². The molecule has 0 amide bonds. The van der Waals surface area contributed by atoms with Gasteiger partial charge in [0.15, 0.2) is 0 Å². The molecule has 0 radical (unpaired) electrons. The highest BCUT2D eigenvalue weighted by Crippen LogP contribution is 2.33. The Bertz CT molecular complexity index is 916. The van der Waals surface area contributed by atoms with Gasteiger partial charge in [0.05, 0.1) is 15.7 Å². The fourth-order valence-electron chi connectivity index (χ4n) is 2.33. The van der Waals surface area contributed by atoms with Gasteiger partial charge in [-0.1, -0.05) is 59.6 Å². The Labute approximate surface area is 143 Å². The van der Waals surface area contributed by atoms with Gasteiger partial charge in [-0.05, 0) is 23.8 Å². The van der Waals surface area contributed by atoms with Gasteiger partial charge in [-0.3, -0.25) is 0 Å². The third-order valence-electron chi connectivity index (χ3n) is 3.46. The third kappa shape index (κ3) is 3.00. The van der Waals surface area contributed by atoms with E-state index >= 15 is 0 Å². The van der Waals surface area contributed by atoms with Gasteiger partial charge in [-0.25, -0.2) is 4.98 Å². The van der Waals surface area contributed by atoms with Gasteiger partial charge in [0.2, 0.25) is 0 Å². The summed E-state index contributed by atoms with van der Waals surface area (Å²) in [5.41, 5.74) is 9.41. The van der Waals surface area contributed by atoms with E-state index in [4.69, 9.17) is 28.9 Å². The minimum atomic E-state index is 0.190. The Hall–Kier alpha value is -2.54. The van der Waals surface area contributed by atoms with Gasteiger partial charge in [-0.15, -0.1) is 0 Å². The number of nitrogen functional groups attached to an aromatic ring is 1. The average Bonchev–Trinajstić information content (AvgIpc) is 2.57. The number of nitrogens with two attached hydrogens (primary N) is 1. The molecular formula is C18H11Cl2N3. The number of hydrogen-bond acceptors (Lipinski definition) is 3. The van der Waals surface area contributed by atoms with Crippen LogP contribution in [0.1, 0.15) is 5.56 Å². The van der Waals surface area contributed by atoms with E-state index in [1.807, 2.05) is 42.5 Å². The SMILES string of the molecule is N#Cc1c(-c2ccccc2)cc(-c2ccc(Cl)c(Cl)c2)nc1N. The second-order valence-electron chi connectivity index (χ2n) is 4.92. The zero-order chi connectivity index (χ0) is 16.4. The van der Waals surface area contributed by atoms with Crippen LogP contribution in [0.25, 0.3) is 22.4 Å². The van der Waals surface area contributed by atoms with Crippen LogP contribution < -0.4 is 5.73 Å². The topological polar surface area (TPSA) is 62.7 Å². The first-order chi connectivity index (χ1) is 11.1. The van der Waals surface area contributed by atoms with Crippen LogP contribution in [0.5, 0.6) is 0 Å². The van der Waals surface area contributed by atoms with Crippen LogP contribution in [0.15, 0.2) is 54.6 Å². The van der Waals surface area contributed by atoms with Gasteiger partial charge in [0.25, 0.3) is 0 Å². The maximum Gasteiger partial charge on any atom is 0.142 e. The van der Waals surface area contributed by atoms with Crippen LogP contribution in [0.4, 0.5) is 5.82 Å². The van der Waals surface area contributed by atoms with Crippen LogP contribution >= 0.6 is 23.2 Å². The van der Waals surface area contributed by atoms with Crippen molar-refractivity contribution in [2.75, 3.05) is 5.73 Å². The van der Waals surface area contributed by atoms with Gasteiger partial charge in [0, 0.05) is 11.1 Å². The Balaban J connectivity index is 2.23. The normalized spacial score (nSPS) is 10.3. The number of rotatable bonds is 2. The van der Waals surface area contributed by atoms with Crippen molar-refractivity contribution in [3.05, 3.63) is 70.2 Å². The summed E-state index contributed by atoms with van der Waals surface area (Å²) < 4.78 is 0. The summed E-state index contributed by atoms with van der Waals surface area (Å²) in [6.45, 7) is 0. The average molecular weight is 340 g/mol. The van der Waals surface area contributed by atoms with E-state index in [9.17, 15) is 5.26 Å². The molecule has 0 saturated heterocycles. The molecule has 5 heteroatoms. The van der Waals surface area contributed by atoms with E-state index in [0.717, 1.165) is 16.7 Å². The van der Waals surface area contributed by atoms with Crippen molar-refractivity contribution in [1.82, 2.24) is 4.98 Å². The standard InChI is InChI=1S/C18H11Cl2N3/c19-15-7-6-12(8-16(15)20)17-9-13(11-4-2-1-3-5-11)14(10-21)18(22)23-17/h1-9H,(H2,22,23). The molecule has 0 fully saturated rings. The van der Waals surface area contributed by atoms with E-state index < -0.39 is 0 Å². The summed E-state index contributed by atoms with van der Waals surface area (Å²) >= 11 is 12.0. The van der Waals surface area contributed by atoms with E-state index in [1.54, 1.807) is 12.1 Å². The third-order valence-corrected chi connectivity index (χ3v) is 4.20. The summed E-state index contributed by atoms with van der Waals surface area (Å²) in [4.78, 5) is 4.32. The molecule has 23 heavy (non-hydrogen) atoms. The quantitative estimate of drug-likeness (QED) is 0.699. The molecule has 0 aliphatic heterocycles. The molecule has 0 spiro atoms. The number of pyridine rings is 1. The van der Waals surface area contributed by atoms with Crippen molar-refractivity contribution in [3.63, 3.8) is 0 Å². The minimum Gasteiger partial charge on any atom is -0.383 e. The number of halogens is 2. The molecule has 0 aliphatic rings.